The third kappa shape index (κ3) is 4.72. The predicted molar refractivity (Wildman–Crippen MR) is 40.2 cm³/mol. The van der Waals surface area contributed by atoms with Crippen LogP contribution in [-0.2, 0) is 9.53 Å². The zero-order valence-corrected chi connectivity index (χ0v) is 7.47. The molecule has 0 amide bonds. The first-order valence-corrected chi connectivity index (χ1v) is 3.76. The summed E-state index contributed by atoms with van der Waals surface area (Å²) in [5.41, 5.74) is 0. The zero-order valence-electron chi connectivity index (χ0n) is 7.47. The summed E-state index contributed by atoms with van der Waals surface area (Å²) >= 11 is 0. The van der Waals surface area contributed by atoms with Crippen molar-refractivity contribution in [2.45, 2.75) is 19.2 Å². The minimum Gasteiger partial charge on any atom is -0.454 e. The van der Waals surface area contributed by atoms with E-state index in [9.17, 15) is 18.0 Å². The molecular formula is C7H12F3NO2. The number of rotatable bonds is 5. The fourth-order valence-electron chi connectivity index (χ4n) is 0.703. The topological polar surface area (TPSA) is 29.5 Å². The molecule has 13 heavy (non-hydrogen) atoms. The van der Waals surface area contributed by atoms with Crippen molar-refractivity contribution < 1.29 is 22.7 Å². The second-order valence-electron chi connectivity index (χ2n) is 2.62. The molecule has 0 aromatic rings. The van der Waals surface area contributed by atoms with Crippen molar-refractivity contribution in [2.75, 3.05) is 20.1 Å². The molecule has 0 bridgehead atoms. The molecule has 0 N–H and O–H groups in total. The van der Waals surface area contributed by atoms with Crippen molar-refractivity contribution in [3.8, 4) is 0 Å². The Kier molecular flexibility index (Phi) is 4.76. The van der Waals surface area contributed by atoms with Crippen LogP contribution in [0.5, 0.6) is 0 Å². The van der Waals surface area contributed by atoms with Crippen LogP contribution in [-0.4, -0.2) is 43.8 Å². The highest BCUT2D eigenvalue weighted by molar-refractivity contribution is 5.37. The molecule has 0 heterocycles. The minimum atomic E-state index is -4.50. The van der Waals surface area contributed by atoms with Crippen molar-refractivity contribution in [3.63, 3.8) is 0 Å². The van der Waals surface area contributed by atoms with Crippen molar-refractivity contribution in [3.05, 3.63) is 0 Å². The molecule has 0 aliphatic carbocycles. The Labute approximate surface area is 74.5 Å². The number of nitrogens with zero attached hydrogens (tertiary/aromatic N) is 1. The molecule has 78 valence electrons. The first kappa shape index (κ1) is 12.2. The van der Waals surface area contributed by atoms with Gasteiger partial charge < -0.3 is 9.64 Å². The van der Waals surface area contributed by atoms with E-state index in [2.05, 4.69) is 4.74 Å². The van der Waals surface area contributed by atoms with Crippen molar-refractivity contribution in [1.29, 1.82) is 0 Å². The smallest absolute Gasteiger partial charge is 0.426 e. The number of alkyl halides is 3. The Bertz CT molecular complexity index is 160. The maximum atomic E-state index is 12.1. The summed E-state index contributed by atoms with van der Waals surface area (Å²) in [4.78, 5) is 11.2. The molecule has 1 atom stereocenters. The second kappa shape index (κ2) is 5.06. The van der Waals surface area contributed by atoms with E-state index in [0.717, 1.165) is 0 Å². The molecule has 0 aliphatic rings. The van der Waals surface area contributed by atoms with Gasteiger partial charge in [0.25, 0.3) is 6.47 Å². The Morgan fingerprint density at radius 1 is 1.54 bits per heavy atom. The quantitative estimate of drug-likeness (QED) is 0.619. The van der Waals surface area contributed by atoms with Crippen LogP contribution in [0.3, 0.4) is 0 Å². The molecule has 0 radical (unpaired) electrons. The molecule has 0 aromatic heterocycles. The van der Waals surface area contributed by atoms with E-state index in [0.29, 0.717) is 6.54 Å². The first-order valence-electron chi connectivity index (χ1n) is 3.76. The number of carbonyl (C=O) groups is 1. The summed E-state index contributed by atoms with van der Waals surface area (Å²) < 4.78 is 40.2. The number of hydrogen-bond acceptors (Lipinski definition) is 3. The van der Waals surface area contributed by atoms with Gasteiger partial charge in [0.15, 0.2) is 0 Å². The third-order valence-electron chi connectivity index (χ3n) is 1.60. The van der Waals surface area contributed by atoms with Crippen LogP contribution in [0.4, 0.5) is 13.2 Å². The standard InChI is InChI=1S/C7H12F3NO2/c1-3-11(2)4-6(13-5-12)7(8,9)10/h5-6H,3-4H2,1-2H3. The molecule has 0 aliphatic heterocycles. The Balaban J connectivity index is 4.17. The van der Waals surface area contributed by atoms with Gasteiger partial charge in [0.05, 0.1) is 0 Å². The Morgan fingerprint density at radius 2 is 2.08 bits per heavy atom. The molecule has 0 saturated carbocycles. The fraction of sp³-hybridized carbons (Fsp3) is 0.857. The van der Waals surface area contributed by atoms with Gasteiger partial charge in [-0.25, -0.2) is 0 Å². The lowest BCUT2D eigenvalue weighted by Gasteiger charge is -2.23. The molecular weight excluding hydrogens is 187 g/mol. The zero-order chi connectivity index (χ0) is 10.5. The highest BCUT2D eigenvalue weighted by Gasteiger charge is 2.41. The average Bonchev–Trinajstić information content (AvgIpc) is 2.01. The van der Waals surface area contributed by atoms with Gasteiger partial charge in [-0.15, -0.1) is 0 Å². The van der Waals surface area contributed by atoms with Crippen LogP contribution < -0.4 is 0 Å². The molecule has 0 spiro atoms. The van der Waals surface area contributed by atoms with E-state index in [1.54, 1.807) is 6.92 Å². The molecule has 6 heteroatoms. The SMILES string of the molecule is CCN(C)CC(OC=O)C(F)(F)F. The summed E-state index contributed by atoms with van der Waals surface area (Å²) in [5.74, 6) is 0. The van der Waals surface area contributed by atoms with Crippen LogP contribution >= 0.6 is 0 Å². The van der Waals surface area contributed by atoms with E-state index in [-0.39, 0.29) is 13.0 Å². The van der Waals surface area contributed by atoms with Crippen molar-refractivity contribution in [2.24, 2.45) is 0 Å². The maximum absolute atomic E-state index is 12.1. The largest absolute Gasteiger partial charge is 0.454 e. The van der Waals surface area contributed by atoms with Crippen LogP contribution in [0.2, 0.25) is 0 Å². The fourth-order valence-corrected chi connectivity index (χ4v) is 0.703. The normalized spacial score (nSPS) is 14.3. The highest BCUT2D eigenvalue weighted by atomic mass is 19.4. The summed E-state index contributed by atoms with van der Waals surface area (Å²) in [6.45, 7) is 1.67. The predicted octanol–water partition coefficient (Wildman–Crippen LogP) is 1.04. The van der Waals surface area contributed by atoms with Gasteiger partial charge in [0, 0.05) is 6.54 Å². The number of carbonyl (C=O) groups excluding carboxylic acids is 1. The van der Waals surface area contributed by atoms with E-state index < -0.39 is 12.3 Å². The third-order valence-corrected chi connectivity index (χ3v) is 1.60. The number of ether oxygens (including phenoxy) is 1. The van der Waals surface area contributed by atoms with E-state index in [1.165, 1.54) is 11.9 Å². The molecule has 3 nitrogen and oxygen atoms in total. The van der Waals surface area contributed by atoms with Gasteiger partial charge in [0.2, 0.25) is 6.10 Å². The molecule has 0 saturated heterocycles. The Hall–Kier alpha value is -0.780. The van der Waals surface area contributed by atoms with Gasteiger partial charge in [-0.3, -0.25) is 4.79 Å². The number of halogens is 3. The van der Waals surface area contributed by atoms with Crippen molar-refractivity contribution in [1.82, 2.24) is 4.90 Å². The monoisotopic (exact) mass is 199 g/mol. The summed E-state index contributed by atoms with van der Waals surface area (Å²) in [7, 11) is 1.52. The van der Waals surface area contributed by atoms with E-state index in [1.807, 2.05) is 0 Å². The maximum Gasteiger partial charge on any atom is 0.426 e. The number of likely N-dealkylation sites (N-methyl/N-ethyl adjacent to an activating group) is 1. The van der Waals surface area contributed by atoms with Crippen LogP contribution in [0.25, 0.3) is 0 Å². The Morgan fingerprint density at radius 3 is 2.38 bits per heavy atom. The molecule has 0 rings (SSSR count). The van der Waals surface area contributed by atoms with Gasteiger partial charge in [0.1, 0.15) is 0 Å². The van der Waals surface area contributed by atoms with Gasteiger partial charge in [-0.1, -0.05) is 6.92 Å². The van der Waals surface area contributed by atoms with Gasteiger partial charge in [-0.05, 0) is 13.6 Å². The van der Waals surface area contributed by atoms with Gasteiger partial charge >= 0.3 is 6.18 Å². The van der Waals surface area contributed by atoms with Crippen LogP contribution in [0.15, 0.2) is 0 Å². The first-order chi connectivity index (χ1) is 5.91. The molecule has 0 aromatic carbocycles. The number of hydrogen-bond donors (Lipinski definition) is 0. The van der Waals surface area contributed by atoms with E-state index in [4.69, 9.17) is 0 Å². The molecule has 1 unspecified atom stereocenters. The summed E-state index contributed by atoms with van der Waals surface area (Å²) in [5, 5.41) is 0. The second-order valence-corrected chi connectivity index (χ2v) is 2.62. The van der Waals surface area contributed by atoms with E-state index >= 15 is 0 Å². The highest BCUT2D eigenvalue weighted by Crippen LogP contribution is 2.22. The summed E-state index contributed by atoms with van der Waals surface area (Å²) in [6.07, 6.45) is -6.53. The van der Waals surface area contributed by atoms with Crippen LogP contribution in [0.1, 0.15) is 6.92 Å². The minimum absolute atomic E-state index is 0.179. The lowest BCUT2D eigenvalue weighted by molar-refractivity contribution is -0.217. The molecule has 0 fully saturated rings. The lowest BCUT2D eigenvalue weighted by Crippen LogP contribution is -2.41. The van der Waals surface area contributed by atoms with Gasteiger partial charge in [-0.2, -0.15) is 13.2 Å². The lowest BCUT2D eigenvalue weighted by atomic mass is 10.3. The van der Waals surface area contributed by atoms with Crippen LogP contribution in [0, 0.1) is 0 Å². The average molecular weight is 199 g/mol. The van der Waals surface area contributed by atoms with Crippen molar-refractivity contribution >= 4 is 6.47 Å². The summed E-state index contributed by atoms with van der Waals surface area (Å²) in [6, 6.07) is 0.